The lowest BCUT2D eigenvalue weighted by molar-refractivity contribution is -0.139. The number of methoxy groups -OCH3 is 1. The van der Waals surface area contributed by atoms with E-state index in [0.717, 1.165) is 24.2 Å². The van der Waals surface area contributed by atoms with Crippen molar-refractivity contribution in [3.05, 3.63) is 35.4 Å². The van der Waals surface area contributed by atoms with E-state index in [4.69, 9.17) is 0 Å². The Bertz CT molecular complexity index is 410. The fourth-order valence-corrected chi connectivity index (χ4v) is 1.78. The highest BCUT2D eigenvalue weighted by molar-refractivity contribution is 6.10. The first-order valence-corrected chi connectivity index (χ1v) is 4.99. The van der Waals surface area contributed by atoms with Gasteiger partial charge in [0.2, 0.25) is 0 Å². The molecule has 0 amide bonds. The van der Waals surface area contributed by atoms with Gasteiger partial charge in [0.15, 0.2) is 0 Å². The number of fused-ring (bicyclic) bond motifs is 1. The maximum absolute atomic E-state index is 11.2. The molecule has 0 saturated heterocycles. The van der Waals surface area contributed by atoms with Crippen LogP contribution >= 0.6 is 0 Å². The Morgan fingerprint density at radius 2 is 2.27 bits per heavy atom. The molecule has 78 valence electrons. The number of benzene rings is 1. The first-order chi connectivity index (χ1) is 7.31. The summed E-state index contributed by atoms with van der Waals surface area (Å²) in [7, 11) is 1.40. The molecule has 0 unspecified atom stereocenters. The Morgan fingerprint density at radius 3 is 3.07 bits per heavy atom. The number of hydrogen-bond acceptors (Lipinski definition) is 3. The predicted molar refractivity (Wildman–Crippen MR) is 58.2 cm³/mol. The maximum atomic E-state index is 11.2. The molecule has 3 heteroatoms. The normalized spacial score (nSPS) is 14.1. The highest BCUT2D eigenvalue weighted by atomic mass is 16.5. The van der Waals surface area contributed by atoms with Crippen LogP contribution in [0.25, 0.3) is 0 Å². The van der Waals surface area contributed by atoms with Gasteiger partial charge in [-0.3, -0.25) is 9.79 Å². The summed E-state index contributed by atoms with van der Waals surface area (Å²) in [5.74, 6) is -0.231. The third kappa shape index (κ3) is 2.06. The van der Waals surface area contributed by atoms with Crippen LogP contribution in [0, 0.1) is 0 Å². The molecule has 0 aromatic heterocycles. The molecule has 1 aliphatic heterocycles. The fraction of sp³-hybridized carbons (Fsp3) is 0.333. The molecule has 2 rings (SSSR count). The van der Waals surface area contributed by atoms with Crippen LogP contribution in [0.15, 0.2) is 29.3 Å². The van der Waals surface area contributed by atoms with Crippen LogP contribution in [-0.4, -0.2) is 25.3 Å². The van der Waals surface area contributed by atoms with Gasteiger partial charge in [-0.1, -0.05) is 24.3 Å². The summed E-state index contributed by atoms with van der Waals surface area (Å²) in [6.45, 7) is 0.767. The lowest BCUT2D eigenvalue weighted by atomic mass is 9.96. The van der Waals surface area contributed by atoms with E-state index in [1.54, 1.807) is 0 Å². The van der Waals surface area contributed by atoms with Gasteiger partial charge in [0.1, 0.15) is 0 Å². The smallest absolute Gasteiger partial charge is 0.311 e. The second kappa shape index (κ2) is 4.26. The van der Waals surface area contributed by atoms with Crippen molar-refractivity contribution in [3.63, 3.8) is 0 Å². The van der Waals surface area contributed by atoms with Crippen LogP contribution in [0.1, 0.15) is 17.5 Å². The minimum Gasteiger partial charge on any atom is -0.469 e. The van der Waals surface area contributed by atoms with Gasteiger partial charge in [0.05, 0.1) is 19.2 Å². The number of rotatable bonds is 2. The quantitative estimate of drug-likeness (QED) is 0.685. The molecule has 3 nitrogen and oxygen atoms in total. The molecule has 0 radical (unpaired) electrons. The Morgan fingerprint density at radius 1 is 1.47 bits per heavy atom. The van der Waals surface area contributed by atoms with Gasteiger partial charge in [-0.15, -0.1) is 0 Å². The third-order valence-electron chi connectivity index (χ3n) is 2.55. The van der Waals surface area contributed by atoms with E-state index in [-0.39, 0.29) is 12.4 Å². The molecule has 0 saturated carbocycles. The fourth-order valence-electron chi connectivity index (χ4n) is 1.78. The molecule has 0 bridgehead atoms. The molecule has 0 atom stereocenters. The molecule has 0 N–H and O–H groups in total. The lowest BCUT2D eigenvalue weighted by Gasteiger charge is -2.15. The van der Waals surface area contributed by atoms with E-state index in [2.05, 4.69) is 15.8 Å². The van der Waals surface area contributed by atoms with Gasteiger partial charge >= 0.3 is 5.97 Å². The van der Waals surface area contributed by atoms with Crippen molar-refractivity contribution in [2.75, 3.05) is 13.7 Å². The van der Waals surface area contributed by atoms with Crippen molar-refractivity contribution < 1.29 is 9.53 Å². The molecular weight excluding hydrogens is 190 g/mol. The molecule has 1 aliphatic rings. The first-order valence-electron chi connectivity index (χ1n) is 4.99. The van der Waals surface area contributed by atoms with Crippen molar-refractivity contribution >= 4 is 11.7 Å². The van der Waals surface area contributed by atoms with Crippen LogP contribution in [0.2, 0.25) is 0 Å². The van der Waals surface area contributed by atoms with Crippen LogP contribution in [0.5, 0.6) is 0 Å². The Kier molecular flexibility index (Phi) is 2.81. The summed E-state index contributed by atoms with van der Waals surface area (Å²) >= 11 is 0. The summed E-state index contributed by atoms with van der Waals surface area (Å²) < 4.78 is 4.65. The monoisotopic (exact) mass is 203 g/mol. The van der Waals surface area contributed by atoms with E-state index < -0.39 is 0 Å². The summed E-state index contributed by atoms with van der Waals surface area (Å²) in [5, 5.41) is 0. The second-order valence-electron chi connectivity index (χ2n) is 3.49. The molecule has 1 aromatic rings. The number of esters is 1. The Balaban J connectivity index is 2.26. The van der Waals surface area contributed by atoms with Crippen molar-refractivity contribution in [1.82, 2.24) is 0 Å². The average molecular weight is 203 g/mol. The zero-order chi connectivity index (χ0) is 10.7. The molecule has 15 heavy (non-hydrogen) atoms. The molecular formula is C12H13NO2. The third-order valence-corrected chi connectivity index (χ3v) is 2.55. The van der Waals surface area contributed by atoms with E-state index in [1.165, 1.54) is 12.7 Å². The summed E-state index contributed by atoms with van der Waals surface area (Å²) in [6.07, 6.45) is 1.23. The highest BCUT2D eigenvalue weighted by Gasteiger charge is 2.16. The van der Waals surface area contributed by atoms with E-state index in [0.29, 0.717) is 0 Å². The number of carbonyl (C=O) groups excluding carboxylic acids is 1. The van der Waals surface area contributed by atoms with Crippen molar-refractivity contribution in [3.8, 4) is 0 Å². The predicted octanol–water partition coefficient (Wildman–Crippen LogP) is 1.59. The van der Waals surface area contributed by atoms with Gasteiger partial charge in [0, 0.05) is 6.54 Å². The standard InChI is InChI=1S/C12H13NO2/c1-15-12(14)8-11-10-5-3-2-4-9(10)6-7-13-11/h2-5H,6-8H2,1H3. The van der Waals surface area contributed by atoms with Crippen LogP contribution in [0.4, 0.5) is 0 Å². The zero-order valence-corrected chi connectivity index (χ0v) is 8.69. The van der Waals surface area contributed by atoms with Gasteiger partial charge < -0.3 is 4.74 Å². The zero-order valence-electron chi connectivity index (χ0n) is 8.69. The van der Waals surface area contributed by atoms with Crippen LogP contribution < -0.4 is 0 Å². The average Bonchev–Trinajstić information content (AvgIpc) is 2.29. The lowest BCUT2D eigenvalue weighted by Crippen LogP contribution is -2.17. The summed E-state index contributed by atoms with van der Waals surface area (Å²) in [4.78, 5) is 15.6. The van der Waals surface area contributed by atoms with Gasteiger partial charge in [-0.2, -0.15) is 0 Å². The number of carbonyl (C=O) groups is 1. The number of hydrogen-bond donors (Lipinski definition) is 0. The maximum Gasteiger partial charge on any atom is 0.311 e. The molecule has 0 aliphatic carbocycles. The topological polar surface area (TPSA) is 38.7 Å². The van der Waals surface area contributed by atoms with Crippen molar-refractivity contribution in [2.24, 2.45) is 4.99 Å². The number of nitrogens with zero attached hydrogens (tertiary/aromatic N) is 1. The van der Waals surface area contributed by atoms with Gasteiger partial charge in [-0.05, 0) is 17.5 Å². The van der Waals surface area contributed by atoms with Crippen molar-refractivity contribution in [1.29, 1.82) is 0 Å². The number of aliphatic imine (C=N–C) groups is 1. The number of ether oxygens (including phenoxy) is 1. The molecule has 1 aromatic carbocycles. The molecule has 1 heterocycles. The van der Waals surface area contributed by atoms with E-state index in [9.17, 15) is 4.79 Å². The van der Waals surface area contributed by atoms with E-state index in [1.807, 2.05) is 18.2 Å². The van der Waals surface area contributed by atoms with Crippen molar-refractivity contribution in [2.45, 2.75) is 12.8 Å². The summed E-state index contributed by atoms with van der Waals surface area (Å²) in [5.41, 5.74) is 3.21. The highest BCUT2D eigenvalue weighted by Crippen LogP contribution is 2.17. The molecule has 0 fully saturated rings. The molecule has 0 spiro atoms. The van der Waals surface area contributed by atoms with Crippen LogP contribution in [-0.2, 0) is 16.0 Å². The van der Waals surface area contributed by atoms with Gasteiger partial charge in [-0.25, -0.2) is 0 Å². The SMILES string of the molecule is COC(=O)CC1=NCCc2ccccc21. The summed E-state index contributed by atoms with van der Waals surface area (Å²) in [6, 6.07) is 8.08. The Labute approximate surface area is 88.8 Å². The second-order valence-corrected chi connectivity index (χ2v) is 3.49. The minimum absolute atomic E-state index is 0.231. The van der Waals surface area contributed by atoms with E-state index >= 15 is 0 Å². The first kappa shape index (κ1) is 9.90. The largest absolute Gasteiger partial charge is 0.469 e. The minimum atomic E-state index is -0.231. The van der Waals surface area contributed by atoms with Crippen LogP contribution in [0.3, 0.4) is 0 Å². The van der Waals surface area contributed by atoms with Gasteiger partial charge in [0.25, 0.3) is 0 Å². The Hall–Kier alpha value is -1.64.